The fourth-order valence-corrected chi connectivity index (χ4v) is 2.73. The van der Waals surface area contributed by atoms with Crippen LogP contribution in [0.3, 0.4) is 0 Å². The summed E-state index contributed by atoms with van der Waals surface area (Å²) in [5.74, 6) is 0.965. The highest BCUT2D eigenvalue weighted by atomic mass is 16.3. The van der Waals surface area contributed by atoms with Crippen LogP contribution >= 0.6 is 0 Å². The van der Waals surface area contributed by atoms with E-state index in [1.165, 1.54) is 11.1 Å². The zero-order valence-electron chi connectivity index (χ0n) is 13.2. The number of hydrogen-bond donors (Lipinski definition) is 1. The van der Waals surface area contributed by atoms with Crippen LogP contribution in [-0.2, 0) is 6.42 Å². The molecule has 0 aliphatic rings. The Balaban J connectivity index is 1.89. The van der Waals surface area contributed by atoms with E-state index in [0.29, 0.717) is 0 Å². The normalized spacial score (nSPS) is 11.4. The Labute approximate surface area is 130 Å². The van der Waals surface area contributed by atoms with E-state index in [1.807, 2.05) is 24.4 Å². The summed E-state index contributed by atoms with van der Waals surface area (Å²) in [6, 6.07) is 14.4. The van der Waals surface area contributed by atoms with Crippen molar-refractivity contribution < 1.29 is 4.42 Å². The van der Waals surface area contributed by atoms with Gasteiger partial charge in [-0.05, 0) is 43.2 Å². The van der Waals surface area contributed by atoms with Crippen LogP contribution in [0.5, 0.6) is 0 Å². The first-order valence-electron chi connectivity index (χ1n) is 7.55. The lowest BCUT2D eigenvalue weighted by Crippen LogP contribution is -1.93. The van der Waals surface area contributed by atoms with E-state index >= 15 is 0 Å². The van der Waals surface area contributed by atoms with Crippen molar-refractivity contribution in [3.05, 3.63) is 64.9 Å². The summed E-state index contributed by atoms with van der Waals surface area (Å²) in [6.07, 6.45) is 2.70. The maximum atomic E-state index is 5.87. The maximum Gasteiger partial charge on any atom is 0.134 e. The molecule has 22 heavy (non-hydrogen) atoms. The molecule has 1 heterocycles. The molecule has 112 valence electrons. The predicted octanol–water partition coefficient (Wildman–Crippen LogP) is 5.06. The van der Waals surface area contributed by atoms with Crippen LogP contribution in [0, 0.1) is 13.8 Å². The third kappa shape index (κ3) is 2.89. The molecule has 0 aliphatic carbocycles. The van der Waals surface area contributed by atoms with Crippen molar-refractivity contribution >= 4 is 22.9 Å². The number of aryl methyl sites for hydroxylation is 3. The van der Waals surface area contributed by atoms with Crippen molar-refractivity contribution in [1.29, 1.82) is 0 Å². The third-order valence-electron chi connectivity index (χ3n) is 3.64. The molecule has 2 aromatic carbocycles. The van der Waals surface area contributed by atoms with E-state index in [1.54, 1.807) is 0 Å². The van der Waals surface area contributed by atoms with Crippen molar-refractivity contribution in [3.8, 4) is 0 Å². The van der Waals surface area contributed by atoms with Gasteiger partial charge in [0.25, 0.3) is 0 Å². The van der Waals surface area contributed by atoms with Crippen LogP contribution in [0.2, 0.25) is 0 Å². The van der Waals surface area contributed by atoms with Gasteiger partial charge in [-0.15, -0.1) is 0 Å². The standard InChI is InChI=1S/C19H20N2O/c1-4-18-17(16-7-5-6-8-19(16)22-18)12-20-21-15-10-13(2)9-14(3)11-15/h5-12,21H,4H2,1-3H3/b20-12-. The van der Waals surface area contributed by atoms with E-state index in [0.717, 1.165) is 34.4 Å². The van der Waals surface area contributed by atoms with Crippen molar-refractivity contribution in [3.63, 3.8) is 0 Å². The van der Waals surface area contributed by atoms with Gasteiger partial charge < -0.3 is 4.42 Å². The van der Waals surface area contributed by atoms with Gasteiger partial charge in [-0.2, -0.15) is 5.10 Å². The molecule has 0 saturated heterocycles. The highest BCUT2D eigenvalue weighted by molar-refractivity contribution is 5.99. The average Bonchev–Trinajstić information content (AvgIpc) is 2.84. The van der Waals surface area contributed by atoms with Gasteiger partial charge in [-0.1, -0.05) is 31.2 Å². The van der Waals surface area contributed by atoms with Gasteiger partial charge in [0.2, 0.25) is 0 Å². The molecule has 0 fully saturated rings. The van der Waals surface area contributed by atoms with Crippen LogP contribution in [0.4, 0.5) is 5.69 Å². The maximum absolute atomic E-state index is 5.87. The number of fused-ring (bicyclic) bond motifs is 1. The predicted molar refractivity (Wildman–Crippen MR) is 92.7 cm³/mol. The molecule has 0 atom stereocenters. The number of anilines is 1. The van der Waals surface area contributed by atoms with Gasteiger partial charge in [-0.25, -0.2) is 0 Å². The second-order valence-corrected chi connectivity index (χ2v) is 5.54. The monoisotopic (exact) mass is 292 g/mol. The Bertz CT molecular complexity index is 810. The summed E-state index contributed by atoms with van der Waals surface area (Å²) in [6.45, 7) is 6.26. The first-order chi connectivity index (χ1) is 10.7. The molecule has 3 aromatic rings. The highest BCUT2D eigenvalue weighted by Gasteiger charge is 2.10. The largest absolute Gasteiger partial charge is 0.460 e. The molecule has 0 spiro atoms. The summed E-state index contributed by atoms with van der Waals surface area (Å²) >= 11 is 0. The van der Waals surface area contributed by atoms with Gasteiger partial charge >= 0.3 is 0 Å². The molecular formula is C19H20N2O. The highest BCUT2D eigenvalue weighted by Crippen LogP contribution is 2.24. The lowest BCUT2D eigenvalue weighted by Gasteiger charge is -2.03. The minimum Gasteiger partial charge on any atom is -0.460 e. The van der Waals surface area contributed by atoms with Crippen molar-refractivity contribution in [2.45, 2.75) is 27.2 Å². The van der Waals surface area contributed by atoms with Gasteiger partial charge in [0.15, 0.2) is 0 Å². The van der Waals surface area contributed by atoms with Crippen LogP contribution in [0.15, 0.2) is 52.0 Å². The van der Waals surface area contributed by atoms with Crippen LogP contribution in [-0.4, -0.2) is 6.21 Å². The molecule has 0 bridgehead atoms. The minimum absolute atomic E-state index is 0.847. The molecule has 0 radical (unpaired) electrons. The molecule has 1 N–H and O–H groups in total. The molecular weight excluding hydrogens is 272 g/mol. The van der Waals surface area contributed by atoms with Crippen molar-refractivity contribution in [2.24, 2.45) is 5.10 Å². The zero-order chi connectivity index (χ0) is 15.5. The molecule has 0 amide bonds. The van der Waals surface area contributed by atoms with Gasteiger partial charge in [-0.3, -0.25) is 5.43 Å². The Kier molecular flexibility index (Phi) is 3.96. The average molecular weight is 292 g/mol. The van der Waals surface area contributed by atoms with E-state index in [2.05, 4.69) is 55.6 Å². The number of hydrogen-bond acceptors (Lipinski definition) is 3. The lowest BCUT2D eigenvalue weighted by atomic mass is 10.1. The molecule has 0 unspecified atom stereocenters. The number of para-hydroxylation sites is 1. The van der Waals surface area contributed by atoms with E-state index < -0.39 is 0 Å². The van der Waals surface area contributed by atoms with Crippen LogP contribution in [0.25, 0.3) is 11.0 Å². The van der Waals surface area contributed by atoms with Gasteiger partial charge in [0.1, 0.15) is 11.3 Å². The van der Waals surface area contributed by atoms with Crippen LogP contribution in [0.1, 0.15) is 29.4 Å². The van der Waals surface area contributed by atoms with Crippen LogP contribution < -0.4 is 5.43 Å². The third-order valence-corrected chi connectivity index (χ3v) is 3.64. The summed E-state index contributed by atoms with van der Waals surface area (Å²) in [4.78, 5) is 0. The molecule has 0 saturated carbocycles. The molecule has 3 rings (SSSR count). The first-order valence-corrected chi connectivity index (χ1v) is 7.55. The first kappa shape index (κ1) is 14.4. The summed E-state index contributed by atoms with van der Waals surface area (Å²) in [7, 11) is 0. The quantitative estimate of drug-likeness (QED) is 0.539. The van der Waals surface area contributed by atoms with E-state index in [4.69, 9.17) is 4.42 Å². The number of benzene rings is 2. The number of nitrogens with zero attached hydrogens (tertiary/aromatic N) is 1. The fraction of sp³-hybridized carbons (Fsp3) is 0.211. The summed E-state index contributed by atoms with van der Waals surface area (Å²) in [5.41, 5.74) is 8.51. The second kappa shape index (κ2) is 6.06. The Hall–Kier alpha value is -2.55. The molecule has 3 heteroatoms. The van der Waals surface area contributed by atoms with Crippen molar-refractivity contribution in [2.75, 3.05) is 5.43 Å². The second-order valence-electron chi connectivity index (χ2n) is 5.54. The smallest absolute Gasteiger partial charge is 0.134 e. The number of hydrazone groups is 1. The lowest BCUT2D eigenvalue weighted by molar-refractivity contribution is 0.556. The van der Waals surface area contributed by atoms with Gasteiger partial charge in [0, 0.05) is 17.4 Å². The van der Waals surface area contributed by atoms with Gasteiger partial charge in [0.05, 0.1) is 11.9 Å². The van der Waals surface area contributed by atoms with E-state index in [-0.39, 0.29) is 0 Å². The topological polar surface area (TPSA) is 37.5 Å². The summed E-state index contributed by atoms with van der Waals surface area (Å²) in [5, 5.41) is 5.49. The Morgan fingerprint density at radius 2 is 1.82 bits per heavy atom. The minimum atomic E-state index is 0.847. The molecule has 1 aromatic heterocycles. The number of furan rings is 1. The Morgan fingerprint density at radius 3 is 2.55 bits per heavy atom. The van der Waals surface area contributed by atoms with Crippen molar-refractivity contribution in [1.82, 2.24) is 0 Å². The zero-order valence-corrected chi connectivity index (χ0v) is 13.2. The SMILES string of the molecule is CCc1oc2ccccc2c1/C=N\Nc1cc(C)cc(C)c1. The number of nitrogens with one attached hydrogen (secondary N) is 1. The number of rotatable bonds is 4. The summed E-state index contributed by atoms with van der Waals surface area (Å²) < 4.78 is 5.87. The molecule has 0 aliphatic heterocycles. The van der Waals surface area contributed by atoms with E-state index in [9.17, 15) is 0 Å². The fourth-order valence-electron chi connectivity index (χ4n) is 2.73. The Morgan fingerprint density at radius 1 is 1.09 bits per heavy atom. The molecule has 3 nitrogen and oxygen atoms in total.